The zero-order valence-electron chi connectivity index (χ0n) is 11.1. The first-order valence-corrected chi connectivity index (χ1v) is 5.86. The minimum atomic E-state index is 0.148. The third kappa shape index (κ3) is 3.26. The number of aryl methyl sites for hydroxylation is 2. The second-order valence-corrected chi connectivity index (χ2v) is 4.26. The smallest absolute Gasteiger partial charge is 0.191 e. The molecule has 7 heteroatoms. The fraction of sp³-hybridized carbons (Fsp3) is 0.154. The third-order valence-corrected chi connectivity index (χ3v) is 2.45. The number of rotatable bonds is 3. The van der Waals surface area contributed by atoms with Crippen molar-refractivity contribution in [2.45, 2.75) is 13.8 Å². The number of amidine groups is 1. The summed E-state index contributed by atoms with van der Waals surface area (Å²) in [6, 6.07) is 7.25. The Hall–Kier alpha value is -3.01. The van der Waals surface area contributed by atoms with Crippen molar-refractivity contribution < 1.29 is 0 Å². The van der Waals surface area contributed by atoms with Gasteiger partial charge in [0, 0.05) is 11.9 Å². The standard InChI is InChI=1S/C13H13N7/c1-8-3-10(6-14)5-11(4-8)18-20-19-12(15)13-16-7-9(2)17-13/h3-5,7H,1-2H3,(H,16,17)(H2,15,18,19). The van der Waals surface area contributed by atoms with E-state index in [1.807, 2.05) is 13.8 Å². The van der Waals surface area contributed by atoms with E-state index in [1.165, 1.54) is 0 Å². The molecule has 0 saturated carbocycles. The molecule has 0 bridgehead atoms. The maximum Gasteiger partial charge on any atom is 0.191 e. The first-order chi connectivity index (χ1) is 9.58. The topological polar surface area (TPSA) is 116 Å². The summed E-state index contributed by atoms with van der Waals surface area (Å²) in [5.41, 5.74) is 8.59. The van der Waals surface area contributed by atoms with E-state index in [0.29, 0.717) is 17.1 Å². The maximum atomic E-state index is 8.87. The highest BCUT2D eigenvalue weighted by atomic mass is 15.4. The van der Waals surface area contributed by atoms with Crippen molar-refractivity contribution in [3.63, 3.8) is 0 Å². The summed E-state index contributed by atoms with van der Waals surface area (Å²) in [6.45, 7) is 3.74. The molecular formula is C13H13N7. The molecule has 0 aliphatic carbocycles. The van der Waals surface area contributed by atoms with Crippen LogP contribution in [0.4, 0.5) is 5.69 Å². The quantitative estimate of drug-likeness (QED) is 0.384. The van der Waals surface area contributed by atoms with E-state index in [1.54, 1.807) is 24.4 Å². The van der Waals surface area contributed by atoms with Crippen molar-refractivity contribution in [3.8, 4) is 6.07 Å². The molecule has 0 spiro atoms. The van der Waals surface area contributed by atoms with Crippen LogP contribution in [0.25, 0.3) is 0 Å². The van der Waals surface area contributed by atoms with Crippen LogP contribution < -0.4 is 5.73 Å². The third-order valence-electron chi connectivity index (χ3n) is 2.45. The van der Waals surface area contributed by atoms with E-state index in [-0.39, 0.29) is 5.84 Å². The van der Waals surface area contributed by atoms with Crippen LogP contribution in [-0.4, -0.2) is 15.8 Å². The van der Waals surface area contributed by atoms with Gasteiger partial charge in [-0.1, -0.05) is 0 Å². The van der Waals surface area contributed by atoms with Crippen LogP contribution in [0.5, 0.6) is 0 Å². The molecule has 1 aromatic carbocycles. The molecule has 0 aliphatic heterocycles. The lowest BCUT2D eigenvalue weighted by Gasteiger charge is -1.96. The first kappa shape index (κ1) is 13.4. The maximum absolute atomic E-state index is 8.87. The van der Waals surface area contributed by atoms with Gasteiger partial charge in [0.05, 0.1) is 17.3 Å². The molecule has 2 rings (SSSR count). The van der Waals surface area contributed by atoms with E-state index in [0.717, 1.165) is 11.3 Å². The summed E-state index contributed by atoms with van der Waals surface area (Å²) in [5, 5.41) is 20.2. The van der Waals surface area contributed by atoms with Gasteiger partial charge in [-0.2, -0.15) is 5.26 Å². The molecule has 0 radical (unpaired) electrons. The fourth-order valence-electron chi connectivity index (χ4n) is 1.60. The lowest BCUT2D eigenvalue weighted by molar-refractivity contribution is 1.04. The molecular weight excluding hydrogens is 254 g/mol. The molecule has 0 amide bonds. The Morgan fingerprint density at radius 2 is 2.15 bits per heavy atom. The zero-order chi connectivity index (χ0) is 14.5. The average molecular weight is 267 g/mol. The van der Waals surface area contributed by atoms with Crippen LogP contribution in [0.1, 0.15) is 22.6 Å². The second-order valence-electron chi connectivity index (χ2n) is 4.26. The number of nitrogens with two attached hydrogens (primary N) is 1. The van der Waals surface area contributed by atoms with Gasteiger partial charge in [-0.25, -0.2) is 4.98 Å². The lowest BCUT2D eigenvalue weighted by Crippen LogP contribution is -2.14. The molecule has 0 saturated heterocycles. The van der Waals surface area contributed by atoms with Gasteiger partial charge < -0.3 is 10.7 Å². The van der Waals surface area contributed by atoms with Crippen LogP contribution in [0, 0.1) is 25.2 Å². The molecule has 7 nitrogen and oxygen atoms in total. The number of hydrogen-bond donors (Lipinski definition) is 2. The zero-order valence-corrected chi connectivity index (χ0v) is 11.1. The predicted octanol–water partition coefficient (Wildman–Crippen LogP) is 2.30. The monoisotopic (exact) mass is 267 g/mol. The summed E-state index contributed by atoms with van der Waals surface area (Å²) >= 11 is 0. The molecule has 0 unspecified atom stereocenters. The van der Waals surface area contributed by atoms with Crippen molar-refractivity contribution in [1.82, 2.24) is 9.97 Å². The summed E-state index contributed by atoms with van der Waals surface area (Å²) < 4.78 is 0. The van der Waals surface area contributed by atoms with E-state index in [4.69, 9.17) is 11.0 Å². The van der Waals surface area contributed by atoms with Gasteiger partial charge in [-0.3, -0.25) is 0 Å². The first-order valence-electron chi connectivity index (χ1n) is 5.86. The number of benzene rings is 1. The second kappa shape index (κ2) is 5.75. The van der Waals surface area contributed by atoms with Gasteiger partial charge in [-0.05, 0) is 42.8 Å². The SMILES string of the molecule is Cc1cc(C#N)cc(N=N/N=C(\N)c2ncc(C)[nH]2)c1. The number of aromatic amines is 1. The van der Waals surface area contributed by atoms with Crippen LogP contribution in [0.3, 0.4) is 0 Å². The summed E-state index contributed by atoms with van der Waals surface area (Å²) in [7, 11) is 0. The normalized spacial score (nSPS) is 11.8. The summed E-state index contributed by atoms with van der Waals surface area (Å²) in [4.78, 5) is 6.97. The molecule has 0 fully saturated rings. The molecule has 100 valence electrons. The highest BCUT2D eigenvalue weighted by Crippen LogP contribution is 2.17. The van der Waals surface area contributed by atoms with Gasteiger partial charge in [0.2, 0.25) is 0 Å². The van der Waals surface area contributed by atoms with Crippen molar-refractivity contribution in [2.24, 2.45) is 21.2 Å². The van der Waals surface area contributed by atoms with Gasteiger partial charge in [0.15, 0.2) is 11.7 Å². The largest absolute Gasteiger partial charge is 0.379 e. The number of nitriles is 1. The molecule has 0 atom stereocenters. The molecule has 1 aromatic heterocycles. The van der Waals surface area contributed by atoms with E-state index < -0.39 is 0 Å². The Balaban J connectivity index is 2.18. The fourth-order valence-corrected chi connectivity index (χ4v) is 1.60. The van der Waals surface area contributed by atoms with Crippen molar-refractivity contribution in [1.29, 1.82) is 5.26 Å². The predicted molar refractivity (Wildman–Crippen MR) is 74.5 cm³/mol. The van der Waals surface area contributed by atoms with Crippen molar-refractivity contribution in [3.05, 3.63) is 47.0 Å². The van der Waals surface area contributed by atoms with Gasteiger partial charge in [-0.15, -0.1) is 10.2 Å². The molecule has 20 heavy (non-hydrogen) atoms. The van der Waals surface area contributed by atoms with E-state index >= 15 is 0 Å². The number of H-pyrrole nitrogens is 1. The van der Waals surface area contributed by atoms with Crippen LogP contribution in [0.15, 0.2) is 39.8 Å². The van der Waals surface area contributed by atoms with Crippen LogP contribution in [0.2, 0.25) is 0 Å². The highest BCUT2D eigenvalue weighted by molar-refractivity contribution is 5.93. The van der Waals surface area contributed by atoms with E-state index in [2.05, 4.69) is 31.5 Å². The molecule has 1 heterocycles. The number of aromatic nitrogens is 2. The van der Waals surface area contributed by atoms with Crippen molar-refractivity contribution >= 4 is 11.5 Å². The van der Waals surface area contributed by atoms with Crippen molar-refractivity contribution in [2.75, 3.05) is 0 Å². The minimum Gasteiger partial charge on any atom is -0.379 e. The average Bonchev–Trinajstić information content (AvgIpc) is 2.84. The summed E-state index contributed by atoms with van der Waals surface area (Å²) in [6.07, 6.45) is 1.65. The Bertz CT molecular complexity index is 719. The number of imidazole rings is 1. The molecule has 3 N–H and O–H groups in total. The number of nitrogens with one attached hydrogen (secondary N) is 1. The number of hydrogen-bond acceptors (Lipinski definition) is 4. The van der Waals surface area contributed by atoms with Gasteiger partial charge in [0.1, 0.15) is 0 Å². The van der Waals surface area contributed by atoms with E-state index in [9.17, 15) is 0 Å². The Morgan fingerprint density at radius 3 is 2.80 bits per heavy atom. The summed E-state index contributed by atoms with van der Waals surface area (Å²) in [5.74, 6) is 0.596. The highest BCUT2D eigenvalue weighted by Gasteiger charge is 2.01. The Labute approximate surface area is 115 Å². The lowest BCUT2D eigenvalue weighted by atomic mass is 10.1. The minimum absolute atomic E-state index is 0.148. The molecule has 0 aliphatic rings. The molecule has 2 aromatic rings. The van der Waals surface area contributed by atoms with Crippen LogP contribution >= 0.6 is 0 Å². The van der Waals surface area contributed by atoms with Crippen LogP contribution in [-0.2, 0) is 0 Å². The Kier molecular flexibility index (Phi) is 3.86. The van der Waals surface area contributed by atoms with Gasteiger partial charge >= 0.3 is 0 Å². The van der Waals surface area contributed by atoms with Gasteiger partial charge in [0.25, 0.3) is 0 Å². The Morgan fingerprint density at radius 1 is 1.35 bits per heavy atom. The number of nitrogens with zero attached hydrogens (tertiary/aromatic N) is 5.